The summed E-state index contributed by atoms with van der Waals surface area (Å²) in [5, 5.41) is 1.59. The lowest BCUT2D eigenvalue weighted by Gasteiger charge is -2.03. The van der Waals surface area contributed by atoms with Crippen LogP contribution in [0, 0.1) is 0 Å². The third-order valence-corrected chi connectivity index (χ3v) is 3.79. The van der Waals surface area contributed by atoms with Crippen LogP contribution in [-0.4, -0.2) is 5.17 Å². The van der Waals surface area contributed by atoms with Crippen molar-refractivity contribution in [1.82, 2.24) is 0 Å². The molecule has 0 atom stereocenters. The maximum atomic E-state index is 6.03. The molecule has 0 fully saturated rings. The minimum atomic E-state index is 0. The number of halogens is 3. The first-order valence-corrected chi connectivity index (χ1v) is 7.35. The lowest BCUT2D eigenvalue weighted by atomic mass is 10.2. The van der Waals surface area contributed by atoms with Crippen molar-refractivity contribution in [3.63, 3.8) is 0 Å². The molecule has 0 aliphatic carbocycles. The first-order valence-electron chi connectivity index (χ1n) is 5.61. The predicted octanol–water partition coefficient (Wildman–Crippen LogP) is 5.29. The van der Waals surface area contributed by atoms with Crippen molar-refractivity contribution in [1.29, 1.82) is 0 Å². The second-order valence-corrected chi connectivity index (χ2v) is 5.66. The van der Waals surface area contributed by atoms with E-state index in [4.69, 9.17) is 28.9 Å². The fourth-order valence-corrected chi connectivity index (χ4v) is 2.45. The van der Waals surface area contributed by atoms with Crippen LogP contribution in [0.1, 0.15) is 5.56 Å². The molecular formula is C14H13Cl3N2S. The Kier molecular flexibility index (Phi) is 7.24. The molecule has 2 nitrogen and oxygen atoms in total. The van der Waals surface area contributed by atoms with Crippen molar-refractivity contribution in [2.24, 2.45) is 10.7 Å². The molecular weight excluding hydrogens is 335 g/mol. The molecule has 0 bridgehead atoms. The zero-order valence-electron chi connectivity index (χ0n) is 10.4. The van der Waals surface area contributed by atoms with Crippen LogP contribution in [-0.2, 0) is 5.75 Å². The van der Waals surface area contributed by atoms with Gasteiger partial charge in [0.2, 0.25) is 0 Å². The molecule has 0 unspecified atom stereocenters. The normalized spacial score (nSPS) is 11.0. The van der Waals surface area contributed by atoms with Gasteiger partial charge in [-0.05, 0) is 23.8 Å². The second kappa shape index (κ2) is 8.42. The summed E-state index contributed by atoms with van der Waals surface area (Å²) < 4.78 is 0. The largest absolute Gasteiger partial charge is 0.378 e. The van der Waals surface area contributed by atoms with Gasteiger partial charge in [0.05, 0.1) is 10.7 Å². The van der Waals surface area contributed by atoms with Crippen LogP contribution < -0.4 is 5.73 Å². The quantitative estimate of drug-likeness (QED) is 0.605. The molecule has 2 aromatic rings. The number of aliphatic imine (C=N–C) groups is 1. The molecule has 0 aromatic heterocycles. The van der Waals surface area contributed by atoms with Crippen molar-refractivity contribution >= 4 is 58.2 Å². The molecule has 2 N–H and O–H groups in total. The highest BCUT2D eigenvalue weighted by Crippen LogP contribution is 2.29. The molecule has 0 saturated carbocycles. The van der Waals surface area contributed by atoms with Gasteiger partial charge in [-0.1, -0.05) is 65.3 Å². The number of hydrogen-bond acceptors (Lipinski definition) is 2. The van der Waals surface area contributed by atoms with Gasteiger partial charge in [-0.15, -0.1) is 12.4 Å². The Morgan fingerprint density at radius 1 is 1.10 bits per heavy atom. The monoisotopic (exact) mass is 346 g/mol. The highest BCUT2D eigenvalue weighted by Gasteiger charge is 2.02. The summed E-state index contributed by atoms with van der Waals surface area (Å²) in [6.45, 7) is 0. The molecule has 0 amide bonds. The minimum absolute atomic E-state index is 0. The Bertz CT molecular complexity index is 588. The number of rotatable bonds is 3. The van der Waals surface area contributed by atoms with Crippen molar-refractivity contribution in [2.45, 2.75) is 5.75 Å². The average Bonchev–Trinajstić information content (AvgIpc) is 2.42. The van der Waals surface area contributed by atoms with E-state index in [0.717, 1.165) is 5.75 Å². The third kappa shape index (κ3) is 5.25. The van der Waals surface area contributed by atoms with E-state index in [1.807, 2.05) is 30.3 Å². The van der Waals surface area contributed by atoms with Gasteiger partial charge < -0.3 is 5.73 Å². The first-order chi connectivity index (χ1) is 9.15. The second-order valence-electron chi connectivity index (χ2n) is 3.82. The fourth-order valence-electron chi connectivity index (χ4n) is 1.45. The van der Waals surface area contributed by atoms with Gasteiger partial charge in [-0.2, -0.15) is 0 Å². The molecule has 0 aliphatic rings. The van der Waals surface area contributed by atoms with Crippen LogP contribution >= 0.6 is 47.4 Å². The molecule has 0 spiro atoms. The van der Waals surface area contributed by atoms with Crippen LogP contribution in [0.4, 0.5) is 5.69 Å². The predicted molar refractivity (Wildman–Crippen MR) is 92.7 cm³/mol. The van der Waals surface area contributed by atoms with Crippen molar-refractivity contribution < 1.29 is 0 Å². The van der Waals surface area contributed by atoms with E-state index in [0.29, 0.717) is 20.9 Å². The maximum Gasteiger partial charge on any atom is 0.159 e. The Morgan fingerprint density at radius 3 is 2.50 bits per heavy atom. The number of nitrogens with zero attached hydrogens (tertiary/aromatic N) is 1. The van der Waals surface area contributed by atoms with Crippen LogP contribution in [0.5, 0.6) is 0 Å². The molecule has 2 aromatic carbocycles. The van der Waals surface area contributed by atoms with Crippen LogP contribution in [0.15, 0.2) is 53.5 Å². The van der Waals surface area contributed by atoms with E-state index >= 15 is 0 Å². The van der Waals surface area contributed by atoms with Crippen LogP contribution in [0.2, 0.25) is 10.0 Å². The van der Waals surface area contributed by atoms with Crippen molar-refractivity contribution in [2.75, 3.05) is 0 Å². The molecule has 2 rings (SSSR count). The summed E-state index contributed by atoms with van der Waals surface area (Å²) in [6.07, 6.45) is 0. The van der Waals surface area contributed by atoms with E-state index in [2.05, 4.69) is 4.99 Å². The first kappa shape index (κ1) is 17.2. The van der Waals surface area contributed by atoms with Crippen LogP contribution in [0.3, 0.4) is 0 Å². The Morgan fingerprint density at radius 2 is 1.80 bits per heavy atom. The van der Waals surface area contributed by atoms with E-state index in [1.54, 1.807) is 18.2 Å². The van der Waals surface area contributed by atoms with Crippen LogP contribution in [0.25, 0.3) is 0 Å². The highest BCUT2D eigenvalue weighted by atomic mass is 35.5. The van der Waals surface area contributed by atoms with Gasteiger partial charge in [0.25, 0.3) is 0 Å². The van der Waals surface area contributed by atoms with Crippen molar-refractivity contribution in [3.8, 4) is 0 Å². The minimum Gasteiger partial charge on any atom is -0.378 e. The number of hydrogen-bond donors (Lipinski definition) is 1. The third-order valence-electron chi connectivity index (χ3n) is 2.37. The standard InChI is InChI=1S/C14H12Cl2N2S.ClH/c15-11-6-7-12(16)13(8-11)18-14(17)19-9-10-4-2-1-3-5-10;/h1-8H,9H2,(H2,17,18);1H. The Hall–Kier alpha value is -0.870. The SMILES string of the molecule is Cl.NC(=Nc1cc(Cl)ccc1Cl)SCc1ccccc1. The summed E-state index contributed by atoms with van der Waals surface area (Å²) in [4.78, 5) is 4.28. The number of nitrogens with two attached hydrogens (primary N) is 1. The summed E-state index contributed by atoms with van der Waals surface area (Å²) in [6, 6.07) is 15.2. The molecule has 6 heteroatoms. The molecule has 106 valence electrons. The summed E-state index contributed by atoms with van der Waals surface area (Å²) in [5.41, 5.74) is 7.67. The summed E-state index contributed by atoms with van der Waals surface area (Å²) in [5.74, 6) is 0.772. The molecule has 0 aliphatic heterocycles. The summed E-state index contributed by atoms with van der Waals surface area (Å²) >= 11 is 13.4. The van der Waals surface area contributed by atoms with E-state index < -0.39 is 0 Å². The zero-order chi connectivity index (χ0) is 13.7. The smallest absolute Gasteiger partial charge is 0.159 e. The number of thioether (sulfide) groups is 1. The average molecular weight is 348 g/mol. The summed E-state index contributed by atoms with van der Waals surface area (Å²) in [7, 11) is 0. The molecule has 20 heavy (non-hydrogen) atoms. The number of benzene rings is 2. The topological polar surface area (TPSA) is 38.4 Å². The maximum absolute atomic E-state index is 6.03. The van der Waals surface area contributed by atoms with Crippen molar-refractivity contribution in [3.05, 3.63) is 64.1 Å². The zero-order valence-corrected chi connectivity index (χ0v) is 13.6. The van der Waals surface area contributed by atoms with E-state index in [-0.39, 0.29) is 12.4 Å². The Balaban J connectivity index is 0.00000200. The lowest BCUT2D eigenvalue weighted by Crippen LogP contribution is -2.06. The van der Waals surface area contributed by atoms with Gasteiger partial charge in [0.15, 0.2) is 5.17 Å². The Labute approximate surface area is 138 Å². The van der Waals surface area contributed by atoms with Gasteiger partial charge in [-0.25, -0.2) is 4.99 Å². The van der Waals surface area contributed by atoms with Gasteiger partial charge in [0, 0.05) is 10.8 Å². The van der Waals surface area contributed by atoms with E-state index in [1.165, 1.54) is 17.3 Å². The van der Waals surface area contributed by atoms with Gasteiger partial charge in [0.1, 0.15) is 0 Å². The molecule has 0 radical (unpaired) electrons. The van der Waals surface area contributed by atoms with E-state index in [9.17, 15) is 0 Å². The lowest BCUT2D eigenvalue weighted by molar-refractivity contribution is 1.42. The van der Waals surface area contributed by atoms with Gasteiger partial charge >= 0.3 is 0 Å². The van der Waals surface area contributed by atoms with Gasteiger partial charge in [-0.3, -0.25) is 0 Å². The number of amidine groups is 1. The highest BCUT2D eigenvalue weighted by molar-refractivity contribution is 8.13. The fraction of sp³-hybridized carbons (Fsp3) is 0.0714. The molecule has 0 saturated heterocycles. The molecule has 0 heterocycles.